The van der Waals surface area contributed by atoms with E-state index in [2.05, 4.69) is 21.2 Å². The van der Waals surface area contributed by atoms with Gasteiger partial charge in [0, 0.05) is 6.04 Å². The van der Waals surface area contributed by atoms with E-state index in [9.17, 15) is 4.39 Å². The molecule has 1 aromatic rings. The zero-order valence-electron chi connectivity index (χ0n) is 10.4. The lowest BCUT2D eigenvalue weighted by molar-refractivity contribution is 0.304. The number of nitrogens with one attached hydrogen (secondary N) is 1. The van der Waals surface area contributed by atoms with Gasteiger partial charge in [0.05, 0.1) is 11.1 Å². The van der Waals surface area contributed by atoms with Crippen molar-refractivity contribution >= 4 is 15.9 Å². The molecule has 1 aliphatic rings. The molecule has 100 valence electrons. The zero-order chi connectivity index (χ0) is 12.8. The number of hydrogen-bond acceptors (Lipinski definition) is 2. The molecule has 0 aromatic heterocycles. The van der Waals surface area contributed by atoms with Crippen molar-refractivity contribution in [2.75, 3.05) is 13.2 Å². The lowest BCUT2D eigenvalue weighted by Crippen LogP contribution is -2.17. The highest BCUT2D eigenvalue weighted by atomic mass is 79.9. The first kappa shape index (κ1) is 13.8. The van der Waals surface area contributed by atoms with Gasteiger partial charge in [-0.15, -0.1) is 0 Å². The third kappa shape index (κ3) is 4.94. The predicted octanol–water partition coefficient (Wildman–Crippen LogP) is 3.89. The second-order valence-electron chi connectivity index (χ2n) is 4.71. The van der Waals surface area contributed by atoms with E-state index in [-0.39, 0.29) is 5.82 Å². The van der Waals surface area contributed by atoms with Crippen molar-refractivity contribution in [3.63, 3.8) is 0 Å². The summed E-state index contributed by atoms with van der Waals surface area (Å²) in [5, 5.41) is 3.49. The summed E-state index contributed by atoms with van der Waals surface area (Å²) >= 11 is 3.15. The maximum atomic E-state index is 13.0. The Morgan fingerprint density at radius 2 is 2.11 bits per heavy atom. The van der Waals surface area contributed by atoms with Crippen LogP contribution in [0.4, 0.5) is 4.39 Å². The molecule has 0 saturated heterocycles. The van der Waals surface area contributed by atoms with Gasteiger partial charge in [-0.25, -0.2) is 4.39 Å². The van der Waals surface area contributed by atoms with E-state index < -0.39 is 0 Å². The van der Waals surface area contributed by atoms with Crippen molar-refractivity contribution in [3.8, 4) is 5.75 Å². The van der Waals surface area contributed by atoms with E-state index >= 15 is 0 Å². The lowest BCUT2D eigenvalue weighted by atomic mass is 10.2. The zero-order valence-corrected chi connectivity index (χ0v) is 12.0. The van der Waals surface area contributed by atoms with Gasteiger partial charge in [0.2, 0.25) is 0 Å². The third-order valence-corrected chi connectivity index (χ3v) is 3.60. The van der Waals surface area contributed by atoms with Gasteiger partial charge in [-0.1, -0.05) is 0 Å². The molecule has 0 unspecified atom stereocenters. The van der Waals surface area contributed by atoms with Crippen LogP contribution in [0.5, 0.6) is 5.75 Å². The van der Waals surface area contributed by atoms with Gasteiger partial charge in [0.15, 0.2) is 0 Å². The van der Waals surface area contributed by atoms with E-state index in [0.29, 0.717) is 11.1 Å². The molecule has 0 amide bonds. The van der Waals surface area contributed by atoms with Crippen LogP contribution < -0.4 is 10.1 Å². The Hall–Kier alpha value is -0.610. The summed E-state index contributed by atoms with van der Waals surface area (Å²) in [6, 6.07) is 5.55. The minimum Gasteiger partial charge on any atom is -0.494 e. The molecule has 1 saturated carbocycles. The number of ether oxygens (including phenoxy) is 1. The summed E-state index contributed by atoms with van der Waals surface area (Å²) in [6.07, 6.45) is 6.11. The second-order valence-corrected chi connectivity index (χ2v) is 5.57. The monoisotopic (exact) mass is 315 g/mol. The first-order valence-electron chi connectivity index (χ1n) is 6.57. The van der Waals surface area contributed by atoms with Crippen molar-refractivity contribution in [1.29, 1.82) is 0 Å². The van der Waals surface area contributed by atoms with E-state index in [1.165, 1.54) is 31.7 Å². The minimum atomic E-state index is -0.256. The SMILES string of the molecule is Fc1ccc(OCCCCCNC2CC2)cc1Br. The highest BCUT2D eigenvalue weighted by molar-refractivity contribution is 9.10. The lowest BCUT2D eigenvalue weighted by Gasteiger charge is -2.07. The molecule has 2 nitrogen and oxygen atoms in total. The third-order valence-electron chi connectivity index (χ3n) is 2.99. The van der Waals surface area contributed by atoms with E-state index in [0.717, 1.165) is 24.8 Å². The first-order chi connectivity index (χ1) is 8.75. The molecule has 0 spiro atoms. The fraction of sp³-hybridized carbons (Fsp3) is 0.571. The molecule has 0 radical (unpaired) electrons. The van der Waals surface area contributed by atoms with Crippen molar-refractivity contribution in [2.24, 2.45) is 0 Å². The second kappa shape index (κ2) is 7.10. The number of rotatable bonds is 8. The molecular formula is C14H19BrFNO. The number of halogens is 2. The van der Waals surface area contributed by atoms with E-state index in [1.807, 2.05) is 0 Å². The van der Waals surface area contributed by atoms with Gasteiger partial charge < -0.3 is 10.1 Å². The molecular weight excluding hydrogens is 297 g/mol. The molecule has 4 heteroatoms. The Bertz CT molecular complexity index is 382. The van der Waals surface area contributed by atoms with Gasteiger partial charge in [-0.3, -0.25) is 0 Å². The largest absolute Gasteiger partial charge is 0.494 e. The highest BCUT2D eigenvalue weighted by Gasteiger charge is 2.19. The Labute approximate surface area is 116 Å². The van der Waals surface area contributed by atoms with Crippen LogP contribution in [0.3, 0.4) is 0 Å². The smallest absolute Gasteiger partial charge is 0.137 e. The standard InChI is InChI=1S/C14H19BrFNO/c15-13-10-12(6-7-14(13)16)18-9-3-1-2-8-17-11-4-5-11/h6-7,10-11,17H,1-5,8-9H2. The van der Waals surface area contributed by atoms with Crippen LogP contribution in [0.15, 0.2) is 22.7 Å². The summed E-state index contributed by atoms with van der Waals surface area (Å²) in [5.74, 6) is 0.466. The van der Waals surface area contributed by atoms with Crippen molar-refractivity contribution in [3.05, 3.63) is 28.5 Å². The van der Waals surface area contributed by atoms with Crippen LogP contribution in [-0.4, -0.2) is 19.2 Å². The van der Waals surface area contributed by atoms with E-state index in [1.54, 1.807) is 12.1 Å². The van der Waals surface area contributed by atoms with Gasteiger partial charge >= 0.3 is 0 Å². The van der Waals surface area contributed by atoms with Crippen LogP contribution in [-0.2, 0) is 0 Å². The van der Waals surface area contributed by atoms with Crippen LogP contribution in [0.1, 0.15) is 32.1 Å². The van der Waals surface area contributed by atoms with Crippen LogP contribution in [0.25, 0.3) is 0 Å². The summed E-state index contributed by atoms with van der Waals surface area (Å²) in [7, 11) is 0. The number of unbranched alkanes of at least 4 members (excludes halogenated alkanes) is 2. The predicted molar refractivity (Wildman–Crippen MR) is 74.5 cm³/mol. The molecule has 1 N–H and O–H groups in total. The van der Waals surface area contributed by atoms with E-state index in [4.69, 9.17) is 4.74 Å². The molecule has 0 heterocycles. The molecule has 0 atom stereocenters. The molecule has 18 heavy (non-hydrogen) atoms. The quantitative estimate of drug-likeness (QED) is 0.735. The molecule has 1 aliphatic carbocycles. The van der Waals surface area contributed by atoms with Crippen LogP contribution >= 0.6 is 15.9 Å². The summed E-state index contributed by atoms with van der Waals surface area (Å²) < 4.78 is 19.0. The van der Waals surface area contributed by atoms with Crippen molar-refractivity contribution in [2.45, 2.75) is 38.1 Å². The minimum absolute atomic E-state index is 0.256. The van der Waals surface area contributed by atoms with Crippen molar-refractivity contribution < 1.29 is 9.13 Å². The van der Waals surface area contributed by atoms with Crippen LogP contribution in [0.2, 0.25) is 0 Å². The van der Waals surface area contributed by atoms with Gasteiger partial charge in [0.25, 0.3) is 0 Å². The van der Waals surface area contributed by atoms with Crippen LogP contribution in [0, 0.1) is 5.82 Å². The first-order valence-corrected chi connectivity index (χ1v) is 7.36. The molecule has 0 bridgehead atoms. The molecule has 1 aromatic carbocycles. The Balaban J connectivity index is 1.52. The Morgan fingerprint density at radius 3 is 2.83 bits per heavy atom. The number of benzene rings is 1. The van der Waals surface area contributed by atoms with Gasteiger partial charge in [-0.2, -0.15) is 0 Å². The van der Waals surface area contributed by atoms with Gasteiger partial charge in [0.1, 0.15) is 11.6 Å². The fourth-order valence-electron chi connectivity index (χ4n) is 1.75. The maximum Gasteiger partial charge on any atom is 0.137 e. The fourth-order valence-corrected chi connectivity index (χ4v) is 2.11. The average molecular weight is 316 g/mol. The Kier molecular flexibility index (Phi) is 5.45. The summed E-state index contributed by atoms with van der Waals surface area (Å²) in [4.78, 5) is 0. The summed E-state index contributed by atoms with van der Waals surface area (Å²) in [6.45, 7) is 1.81. The molecule has 2 rings (SSSR count). The molecule has 0 aliphatic heterocycles. The summed E-state index contributed by atoms with van der Waals surface area (Å²) in [5.41, 5.74) is 0. The molecule has 1 fully saturated rings. The Morgan fingerprint density at radius 1 is 1.28 bits per heavy atom. The topological polar surface area (TPSA) is 21.3 Å². The highest BCUT2D eigenvalue weighted by Crippen LogP contribution is 2.22. The van der Waals surface area contributed by atoms with Gasteiger partial charge in [-0.05, 0) is 72.8 Å². The number of hydrogen-bond donors (Lipinski definition) is 1. The van der Waals surface area contributed by atoms with Crippen molar-refractivity contribution in [1.82, 2.24) is 5.32 Å². The maximum absolute atomic E-state index is 13.0. The average Bonchev–Trinajstić information content (AvgIpc) is 3.16. The normalized spacial score (nSPS) is 14.8.